The van der Waals surface area contributed by atoms with Gasteiger partial charge in [-0.15, -0.1) is 12.4 Å². The first-order chi connectivity index (χ1) is 9.72. The predicted molar refractivity (Wildman–Crippen MR) is 86.9 cm³/mol. The Hall–Kier alpha value is -1.26. The molecule has 2 atom stereocenters. The van der Waals surface area contributed by atoms with E-state index in [0.29, 0.717) is 12.5 Å². The lowest BCUT2D eigenvalue weighted by molar-refractivity contribution is -0.124. The highest BCUT2D eigenvalue weighted by molar-refractivity contribution is 5.85. The number of nitrogens with two attached hydrogens (primary N) is 1. The zero-order chi connectivity index (χ0) is 14.4. The van der Waals surface area contributed by atoms with E-state index >= 15 is 0 Å². The van der Waals surface area contributed by atoms with Gasteiger partial charge in [0.15, 0.2) is 6.61 Å². The topological polar surface area (TPSA) is 64.3 Å². The highest BCUT2D eigenvalue weighted by atomic mass is 35.5. The lowest BCUT2D eigenvalue weighted by Gasteiger charge is -2.19. The molecule has 1 saturated carbocycles. The number of ether oxygens (including phenoxy) is 1. The Labute approximate surface area is 132 Å². The second kappa shape index (κ2) is 8.90. The summed E-state index contributed by atoms with van der Waals surface area (Å²) >= 11 is 0. The van der Waals surface area contributed by atoms with Gasteiger partial charge in [0.05, 0.1) is 0 Å². The van der Waals surface area contributed by atoms with Crippen LogP contribution >= 0.6 is 12.4 Å². The van der Waals surface area contributed by atoms with E-state index in [1.807, 2.05) is 24.3 Å². The number of carbonyl (C=O) groups excluding carboxylic acids is 1. The van der Waals surface area contributed by atoms with E-state index in [4.69, 9.17) is 10.5 Å². The molecule has 5 heteroatoms. The third-order valence-electron chi connectivity index (χ3n) is 4.01. The first-order valence-corrected chi connectivity index (χ1v) is 7.44. The van der Waals surface area contributed by atoms with Crippen LogP contribution in [0.2, 0.25) is 0 Å². The molecule has 0 bridgehead atoms. The van der Waals surface area contributed by atoms with Crippen LogP contribution in [0, 0.1) is 5.92 Å². The molecule has 1 aliphatic rings. The average molecular weight is 313 g/mol. The van der Waals surface area contributed by atoms with Crippen molar-refractivity contribution < 1.29 is 9.53 Å². The Balaban J connectivity index is 0.00000220. The fraction of sp³-hybridized carbons (Fsp3) is 0.562. The lowest BCUT2D eigenvalue weighted by atomic mass is 10.0. The summed E-state index contributed by atoms with van der Waals surface area (Å²) in [5.74, 6) is 1.09. The summed E-state index contributed by atoms with van der Waals surface area (Å²) in [7, 11) is 0. The van der Waals surface area contributed by atoms with Crippen LogP contribution < -0.4 is 15.8 Å². The minimum atomic E-state index is -0.0603. The number of rotatable bonds is 6. The number of benzene rings is 1. The summed E-state index contributed by atoms with van der Waals surface area (Å²) < 4.78 is 5.50. The summed E-state index contributed by atoms with van der Waals surface area (Å²) in [6, 6.07) is 8.08. The van der Waals surface area contributed by atoms with Gasteiger partial charge in [0.2, 0.25) is 0 Å². The van der Waals surface area contributed by atoms with E-state index in [-0.39, 0.29) is 31.0 Å². The fourth-order valence-electron chi connectivity index (χ4n) is 2.73. The molecule has 3 N–H and O–H groups in total. The van der Waals surface area contributed by atoms with E-state index in [2.05, 4.69) is 12.2 Å². The third kappa shape index (κ3) is 5.21. The number of amides is 1. The molecule has 0 radical (unpaired) electrons. The van der Waals surface area contributed by atoms with E-state index < -0.39 is 0 Å². The second-order valence-electron chi connectivity index (χ2n) is 5.39. The first kappa shape index (κ1) is 17.8. The van der Waals surface area contributed by atoms with Crippen LogP contribution in [-0.4, -0.2) is 25.1 Å². The molecule has 21 heavy (non-hydrogen) atoms. The highest BCUT2D eigenvalue weighted by Gasteiger charge is 2.27. The van der Waals surface area contributed by atoms with Crippen LogP contribution in [0.15, 0.2) is 24.3 Å². The number of halogens is 1. The summed E-state index contributed by atoms with van der Waals surface area (Å²) in [6.45, 7) is 2.82. The van der Waals surface area contributed by atoms with Crippen LogP contribution in [0.4, 0.5) is 0 Å². The van der Waals surface area contributed by atoms with E-state index in [1.165, 1.54) is 5.56 Å². The summed E-state index contributed by atoms with van der Waals surface area (Å²) in [5, 5.41) is 3.03. The maximum Gasteiger partial charge on any atom is 0.258 e. The Kier molecular flexibility index (Phi) is 7.54. The zero-order valence-corrected chi connectivity index (χ0v) is 13.3. The SMILES string of the molecule is CCc1ccc(OCC(=O)NC2CCCC2CN)cc1.Cl. The molecule has 0 spiro atoms. The number of aryl methyl sites for hydroxylation is 1. The number of nitrogens with one attached hydrogen (secondary N) is 1. The summed E-state index contributed by atoms with van der Waals surface area (Å²) in [4.78, 5) is 11.9. The van der Waals surface area contributed by atoms with Crippen LogP contribution in [0.5, 0.6) is 5.75 Å². The molecule has 0 aromatic heterocycles. The molecule has 1 aromatic carbocycles. The maximum atomic E-state index is 11.9. The monoisotopic (exact) mass is 312 g/mol. The standard InChI is InChI=1S/C16H24N2O2.ClH/c1-2-12-6-8-14(9-7-12)20-11-16(19)18-15-5-3-4-13(15)10-17;/h6-9,13,15H,2-5,10-11,17H2,1H3,(H,18,19);1H. The van der Waals surface area contributed by atoms with Gasteiger partial charge < -0.3 is 15.8 Å². The van der Waals surface area contributed by atoms with Gasteiger partial charge in [-0.3, -0.25) is 4.79 Å². The smallest absolute Gasteiger partial charge is 0.258 e. The van der Waals surface area contributed by atoms with Crippen LogP contribution in [0.3, 0.4) is 0 Å². The van der Waals surface area contributed by atoms with Crippen molar-refractivity contribution in [3.63, 3.8) is 0 Å². The van der Waals surface area contributed by atoms with Crippen molar-refractivity contribution in [1.82, 2.24) is 5.32 Å². The molecule has 4 nitrogen and oxygen atoms in total. The number of hydrogen-bond acceptors (Lipinski definition) is 3. The molecule has 0 heterocycles. The normalized spacial score (nSPS) is 20.7. The molecule has 1 aliphatic carbocycles. The lowest BCUT2D eigenvalue weighted by Crippen LogP contribution is -2.42. The molecule has 2 rings (SSSR count). The van der Waals surface area contributed by atoms with Crippen molar-refractivity contribution in [1.29, 1.82) is 0 Å². The molecular weight excluding hydrogens is 288 g/mol. The van der Waals surface area contributed by atoms with Gasteiger partial charge in [0.25, 0.3) is 5.91 Å². The Morgan fingerprint density at radius 1 is 1.33 bits per heavy atom. The minimum absolute atomic E-state index is 0. The van der Waals surface area contributed by atoms with Gasteiger partial charge in [-0.2, -0.15) is 0 Å². The largest absolute Gasteiger partial charge is 0.484 e. The summed E-state index contributed by atoms with van der Waals surface area (Å²) in [5.41, 5.74) is 6.97. The predicted octanol–water partition coefficient (Wildman–Crippen LogP) is 2.29. The second-order valence-corrected chi connectivity index (χ2v) is 5.39. The number of carbonyl (C=O) groups is 1. The Morgan fingerprint density at radius 2 is 2.05 bits per heavy atom. The molecular formula is C16H25ClN2O2. The zero-order valence-electron chi connectivity index (χ0n) is 12.5. The summed E-state index contributed by atoms with van der Waals surface area (Å²) in [6.07, 6.45) is 4.29. The molecule has 2 unspecified atom stereocenters. The van der Waals surface area contributed by atoms with Crippen molar-refractivity contribution in [2.24, 2.45) is 11.7 Å². The van der Waals surface area contributed by atoms with Gasteiger partial charge in [-0.25, -0.2) is 0 Å². The van der Waals surface area contributed by atoms with Gasteiger partial charge in [-0.05, 0) is 49.4 Å². The van der Waals surface area contributed by atoms with Crippen molar-refractivity contribution in [3.05, 3.63) is 29.8 Å². The quantitative estimate of drug-likeness (QED) is 0.847. The molecule has 1 fully saturated rings. The van der Waals surface area contributed by atoms with Gasteiger partial charge in [0, 0.05) is 6.04 Å². The van der Waals surface area contributed by atoms with Gasteiger partial charge in [0.1, 0.15) is 5.75 Å². The maximum absolute atomic E-state index is 11.9. The third-order valence-corrected chi connectivity index (χ3v) is 4.01. The minimum Gasteiger partial charge on any atom is -0.484 e. The van der Waals surface area contributed by atoms with Crippen molar-refractivity contribution >= 4 is 18.3 Å². The Bertz CT molecular complexity index is 436. The fourth-order valence-corrected chi connectivity index (χ4v) is 2.73. The molecule has 118 valence electrons. The Morgan fingerprint density at radius 3 is 2.67 bits per heavy atom. The van der Waals surface area contributed by atoms with Crippen molar-refractivity contribution in [2.45, 2.75) is 38.6 Å². The van der Waals surface area contributed by atoms with Gasteiger partial charge in [-0.1, -0.05) is 25.5 Å². The number of hydrogen-bond donors (Lipinski definition) is 2. The van der Waals surface area contributed by atoms with Crippen LogP contribution in [-0.2, 0) is 11.2 Å². The molecule has 1 amide bonds. The van der Waals surface area contributed by atoms with Crippen molar-refractivity contribution in [2.75, 3.05) is 13.2 Å². The highest BCUT2D eigenvalue weighted by Crippen LogP contribution is 2.24. The van der Waals surface area contributed by atoms with Crippen LogP contribution in [0.25, 0.3) is 0 Å². The van der Waals surface area contributed by atoms with E-state index in [0.717, 1.165) is 31.4 Å². The molecule has 0 aliphatic heterocycles. The first-order valence-electron chi connectivity index (χ1n) is 7.44. The van der Waals surface area contributed by atoms with Crippen LogP contribution in [0.1, 0.15) is 31.7 Å². The molecule has 1 aromatic rings. The average Bonchev–Trinajstić information content (AvgIpc) is 2.92. The molecule has 0 saturated heterocycles. The van der Waals surface area contributed by atoms with E-state index in [9.17, 15) is 4.79 Å². The van der Waals surface area contributed by atoms with E-state index in [1.54, 1.807) is 0 Å². The van der Waals surface area contributed by atoms with Gasteiger partial charge >= 0.3 is 0 Å². The van der Waals surface area contributed by atoms with Crippen molar-refractivity contribution in [3.8, 4) is 5.75 Å².